The van der Waals surface area contributed by atoms with E-state index in [1.807, 2.05) is 0 Å². The minimum Gasteiger partial charge on any atom is -0.465 e. The van der Waals surface area contributed by atoms with Crippen LogP contribution < -0.4 is 5.84 Å². The van der Waals surface area contributed by atoms with E-state index < -0.39 is 17.8 Å². The molecule has 0 aliphatic rings. The Morgan fingerprint density at radius 1 is 0.920 bits per heavy atom. The van der Waals surface area contributed by atoms with Gasteiger partial charge in [-0.15, -0.1) is 0 Å². The van der Waals surface area contributed by atoms with Crippen molar-refractivity contribution in [3.63, 3.8) is 0 Å². The summed E-state index contributed by atoms with van der Waals surface area (Å²) in [7, 11) is 1.28. The van der Waals surface area contributed by atoms with E-state index in [2.05, 4.69) is 11.7 Å². The van der Waals surface area contributed by atoms with Gasteiger partial charge in [-0.1, -0.05) is 45.4 Å². The van der Waals surface area contributed by atoms with E-state index in [4.69, 9.17) is 5.84 Å². The Labute approximate surface area is 149 Å². The minimum absolute atomic E-state index is 0.253. The number of hydrogen-bond donors (Lipinski definition) is 1. The molecule has 0 saturated heterocycles. The topological polar surface area (TPSA) is 89.7 Å². The van der Waals surface area contributed by atoms with Crippen LogP contribution in [0.2, 0.25) is 0 Å². The maximum atomic E-state index is 12.2. The summed E-state index contributed by atoms with van der Waals surface area (Å²) in [5.74, 6) is 4.18. The number of unbranched alkanes of at least 4 members (excludes halogenated alkanes) is 6. The van der Waals surface area contributed by atoms with Crippen LogP contribution in [0, 0.1) is 0 Å². The van der Waals surface area contributed by atoms with E-state index in [0.717, 1.165) is 19.3 Å². The molecule has 2 amide bonds. The number of nitrogens with two attached hydrogens (primary N) is 1. The summed E-state index contributed by atoms with van der Waals surface area (Å²) in [5, 5.41) is 0.657. The fraction of sp³-hybridized carbons (Fsp3) is 0.526. The molecule has 1 aromatic rings. The first-order valence-corrected chi connectivity index (χ1v) is 8.81. The van der Waals surface area contributed by atoms with E-state index in [0.29, 0.717) is 10.6 Å². The largest absolute Gasteiger partial charge is 0.465 e. The Balaban J connectivity index is 2.41. The summed E-state index contributed by atoms with van der Waals surface area (Å²) in [4.78, 5) is 35.6. The van der Waals surface area contributed by atoms with Crippen molar-refractivity contribution in [3.8, 4) is 0 Å². The first-order valence-electron chi connectivity index (χ1n) is 8.81. The van der Waals surface area contributed by atoms with Gasteiger partial charge in [0.15, 0.2) is 0 Å². The second-order valence-electron chi connectivity index (χ2n) is 6.01. The number of carbonyl (C=O) groups is 3. The van der Waals surface area contributed by atoms with Crippen LogP contribution in [-0.4, -0.2) is 29.9 Å². The van der Waals surface area contributed by atoms with Gasteiger partial charge in [-0.2, -0.15) is 0 Å². The maximum Gasteiger partial charge on any atom is 0.337 e. The third-order valence-corrected chi connectivity index (χ3v) is 4.03. The number of benzene rings is 1. The van der Waals surface area contributed by atoms with E-state index in [1.165, 1.54) is 57.1 Å². The van der Waals surface area contributed by atoms with Crippen LogP contribution in [0.5, 0.6) is 0 Å². The molecule has 0 radical (unpaired) electrons. The number of hydrogen-bond acceptors (Lipinski definition) is 5. The summed E-state index contributed by atoms with van der Waals surface area (Å²) in [6, 6.07) is 5.84. The number of esters is 1. The van der Waals surface area contributed by atoms with E-state index in [1.54, 1.807) is 0 Å². The highest BCUT2D eigenvalue weighted by Crippen LogP contribution is 2.11. The lowest BCUT2D eigenvalue weighted by Crippen LogP contribution is -2.42. The normalized spacial score (nSPS) is 10.4. The van der Waals surface area contributed by atoms with Gasteiger partial charge >= 0.3 is 5.97 Å². The lowest BCUT2D eigenvalue weighted by atomic mass is 10.1. The van der Waals surface area contributed by atoms with Crippen molar-refractivity contribution in [2.24, 2.45) is 5.84 Å². The Kier molecular flexibility index (Phi) is 9.47. The molecule has 0 aliphatic carbocycles. The summed E-state index contributed by atoms with van der Waals surface area (Å²) >= 11 is 0. The highest BCUT2D eigenvalue weighted by Gasteiger charge is 2.19. The van der Waals surface area contributed by atoms with Gasteiger partial charge < -0.3 is 4.74 Å². The first-order chi connectivity index (χ1) is 12.0. The first kappa shape index (κ1) is 20.8. The van der Waals surface area contributed by atoms with Crippen LogP contribution in [0.25, 0.3) is 0 Å². The Morgan fingerprint density at radius 2 is 1.44 bits per heavy atom. The number of ether oxygens (including phenoxy) is 1. The third kappa shape index (κ3) is 7.05. The number of hydrazine groups is 1. The SMILES string of the molecule is CCCCCCCCCC(=O)N(N)C(=O)c1ccc(C(=O)OC)cc1. The predicted molar refractivity (Wildman–Crippen MR) is 95.8 cm³/mol. The zero-order valence-corrected chi connectivity index (χ0v) is 15.1. The molecule has 0 bridgehead atoms. The van der Waals surface area contributed by atoms with Crippen LogP contribution in [0.15, 0.2) is 24.3 Å². The average molecular weight is 348 g/mol. The second-order valence-corrected chi connectivity index (χ2v) is 6.01. The number of carbonyl (C=O) groups excluding carboxylic acids is 3. The summed E-state index contributed by atoms with van der Waals surface area (Å²) in [5.41, 5.74) is 0.583. The standard InChI is InChI=1S/C19H28N2O4/c1-3-4-5-6-7-8-9-10-17(22)21(20)18(23)15-11-13-16(14-12-15)19(24)25-2/h11-14H,3-10,20H2,1-2H3. The molecule has 0 heterocycles. The van der Waals surface area contributed by atoms with Gasteiger partial charge in [0.25, 0.3) is 5.91 Å². The Hall–Kier alpha value is -2.21. The van der Waals surface area contributed by atoms with E-state index in [9.17, 15) is 14.4 Å². The molecule has 0 fully saturated rings. The monoisotopic (exact) mass is 348 g/mol. The zero-order chi connectivity index (χ0) is 18.7. The zero-order valence-electron chi connectivity index (χ0n) is 15.1. The van der Waals surface area contributed by atoms with Crippen molar-refractivity contribution in [1.82, 2.24) is 5.01 Å². The minimum atomic E-state index is -0.579. The fourth-order valence-electron chi connectivity index (χ4n) is 2.47. The molecule has 0 aromatic heterocycles. The molecule has 2 N–H and O–H groups in total. The van der Waals surface area contributed by atoms with Crippen LogP contribution in [0.3, 0.4) is 0 Å². The predicted octanol–water partition coefficient (Wildman–Crippen LogP) is 3.46. The average Bonchev–Trinajstić information content (AvgIpc) is 2.65. The molecule has 6 nitrogen and oxygen atoms in total. The summed E-state index contributed by atoms with van der Waals surface area (Å²) in [6.07, 6.45) is 7.92. The fourth-order valence-corrected chi connectivity index (χ4v) is 2.47. The van der Waals surface area contributed by atoms with E-state index >= 15 is 0 Å². The van der Waals surface area contributed by atoms with Crippen LogP contribution in [0.1, 0.15) is 79.0 Å². The smallest absolute Gasteiger partial charge is 0.337 e. The van der Waals surface area contributed by atoms with Gasteiger partial charge in [0.1, 0.15) is 0 Å². The van der Waals surface area contributed by atoms with Gasteiger partial charge in [0.05, 0.1) is 12.7 Å². The molecule has 1 rings (SSSR count). The molecule has 0 spiro atoms. The van der Waals surface area contributed by atoms with Crippen LogP contribution >= 0.6 is 0 Å². The molecule has 0 atom stereocenters. The van der Waals surface area contributed by atoms with Crippen molar-refractivity contribution in [2.45, 2.75) is 58.3 Å². The highest BCUT2D eigenvalue weighted by molar-refractivity contribution is 6.04. The number of imide groups is 1. The summed E-state index contributed by atoms with van der Waals surface area (Å²) in [6.45, 7) is 2.18. The maximum absolute atomic E-state index is 12.2. The number of amides is 2. The molecule has 6 heteroatoms. The van der Waals surface area contributed by atoms with Gasteiger partial charge in [-0.3, -0.25) is 9.59 Å². The molecular formula is C19H28N2O4. The summed E-state index contributed by atoms with van der Waals surface area (Å²) < 4.78 is 4.59. The van der Waals surface area contributed by atoms with E-state index in [-0.39, 0.29) is 12.0 Å². The molecule has 0 aliphatic heterocycles. The number of methoxy groups -OCH3 is 1. The van der Waals surface area contributed by atoms with Gasteiger partial charge in [0.2, 0.25) is 5.91 Å². The number of nitrogens with zero attached hydrogens (tertiary/aromatic N) is 1. The Morgan fingerprint density at radius 3 is 2.00 bits per heavy atom. The number of rotatable bonds is 10. The lowest BCUT2D eigenvalue weighted by Gasteiger charge is -2.15. The molecule has 0 saturated carbocycles. The third-order valence-electron chi connectivity index (χ3n) is 4.03. The molecule has 0 unspecified atom stereocenters. The van der Waals surface area contributed by atoms with Gasteiger partial charge in [-0.25, -0.2) is 15.6 Å². The molecular weight excluding hydrogens is 320 g/mol. The van der Waals surface area contributed by atoms with Crippen molar-refractivity contribution >= 4 is 17.8 Å². The lowest BCUT2D eigenvalue weighted by molar-refractivity contribution is -0.129. The highest BCUT2D eigenvalue weighted by atomic mass is 16.5. The molecule has 138 valence electrons. The van der Waals surface area contributed by atoms with Gasteiger partial charge in [0, 0.05) is 12.0 Å². The van der Waals surface area contributed by atoms with Gasteiger partial charge in [-0.05, 0) is 30.7 Å². The second kappa shape index (κ2) is 11.4. The quantitative estimate of drug-likeness (QED) is 0.230. The van der Waals surface area contributed by atoms with Crippen LogP contribution in [0.4, 0.5) is 0 Å². The van der Waals surface area contributed by atoms with Crippen molar-refractivity contribution < 1.29 is 19.1 Å². The van der Waals surface area contributed by atoms with Crippen molar-refractivity contribution in [3.05, 3.63) is 35.4 Å². The van der Waals surface area contributed by atoms with Crippen molar-refractivity contribution in [1.29, 1.82) is 0 Å². The van der Waals surface area contributed by atoms with Crippen molar-refractivity contribution in [2.75, 3.05) is 7.11 Å². The molecule has 25 heavy (non-hydrogen) atoms. The van der Waals surface area contributed by atoms with Crippen LogP contribution in [-0.2, 0) is 9.53 Å². The Bertz CT molecular complexity index is 569. The molecule has 1 aromatic carbocycles.